The van der Waals surface area contributed by atoms with Gasteiger partial charge in [-0.1, -0.05) is 19.9 Å². The van der Waals surface area contributed by atoms with Gasteiger partial charge in [-0.05, 0) is 56.3 Å². The third-order valence-corrected chi connectivity index (χ3v) is 7.22. The maximum absolute atomic E-state index is 4.83. The Morgan fingerprint density at radius 3 is 2.45 bits per heavy atom. The Morgan fingerprint density at radius 1 is 0.842 bits per heavy atom. The highest BCUT2D eigenvalue weighted by molar-refractivity contribution is 5.92. The fraction of sp³-hybridized carbons (Fsp3) is 0.345. The van der Waals surface area contributed by atoms with Crippen LogP contribution in [0.3, 0.4) is 0 Å². The molecule has 2 aromatic carbocycles. The number of likely N-dealkylation sites (N-methyl/N-ethyl adjacent to an activating group) is 1. The van der Waals surface area contributed by atoms with Crippen molar-refractivity contribution in [2.24, 2.45) is 7.05 Å². The molecule has 1 N–H and O–H groups in total. The first-order chi connectivity index (χ1) is 18.4. The maximum atomic E-state index is 4.83. The van der Waals surface area contributed by atoms with E-state index in [4.69, 9.17) is 15.0 Å². The van der Waals surface area contributed by atoms with Gasteiger partial charge >= 0.3 is 0 Å². The molecule has 0 amide bonds. The predicted molar refractivity (Wildman–Crippen MR) is 153 cm³/mol. The molecule has 9 nitrogen and oxygen atoms in total. The van der Waals surface area contributed by atoms with E-state index in [1.807, 2.05) is 30.8 Å². The van der Waals surface area contributed by atoms with Crippen LogP contribution in [0.4, 0.5) is 17.5 Å². The Bertz CT molecular complexity index is 1630. The van der Waals surface area contributed by atoms with Crippen LogP contribution < -0.4 is 10.2 Å². The van der Waals surface area contributed by atoms with Crippen LogP contribution in [0, 0.1) is 6.92 Å². The largest absolute Gasteiger partial charge is 0.353 e. The molecule has 9 heteroatoms. The molecule has 0 atom stereocenters. The van der Waals surface area contributed by atoms with E-state index < -0.39 is 0 Å². The number of nitrogens with zero attached hydrogens (tertiary/aromatic N) is 8. The Balaban J connectivity index is 1.30. The monoisotopic (exact) mass is 507 g/mol. The number of piperazine rings is 1. The summed E-state index contributed by atoms with van der Waals surface area (Å²) in [6.45, 7) is 10.3. The summed E-state index contributed by atoms with van der Waals surface area (Å²) in [7, 11) is 4.17. The Labute approximate surface area is 222 Å². The van der Waals surface area contributed by atoms with Gasteiger partial charge in [0, 0.05) is 67.1 Å². The van der Waals surface area contributed by atoms with E-state index in [0.717, 1.165) is 76.6 Å². The Morgan fingerprint density at radius 2 is 1.66 bits per heavy atom. The number of fused-ring (bicyclic) bond motifs is 2. The lowest BCUT2D eigenvalue weighted by atomic mass is 10.0. The summed E-state index contributed by atoms with van der Waals surface area (Å²) in [6, 6.07) is 14.5. The maximum Gasteiger partial charge on any atom is 0.227 e. The second kappa shape index (κ2) is 9.64. The van der Waals surface area contributed by atoms with Crippen molar-refractivity contribution >= 4 is 39.3 Å². The fourth-order valence-electron chi connectivity index (χ4n) is 5.33. The van der Waals surface area contributed by atoms with Crippen molar-refractivity contribution in [3.8, 4) is 11.3 Å². The number of rotatable bonds is 5. The molecule has 5 aromatic rings. The number of aromatic nitrogens is 6. The number of nitrogens with one attached hydrogen (secondary N) is 1. The fourth-order valence-corrected chi connectivity index (χ4v) is 5.33. The second-order valence-corrected chi connectivity index (χ2v) is 10.4. The lowest BCUT2D eigenvalue weighted by Gasteiger charge is -2.33. The Hall–Kier alpha value is -4.11. The summed E-state index contributed by atoms with van der Waals surface area (Å²) in [5, 5.41) is 10.3. The first-order valence-corrected chi connectivity index (χ1v) is 13.1. The summed E-state index contributed by atoms with van der Waals surface area (Å²) in [5.41, 5.74) is 5.92. The van der Waals surface area contributed by atoms with Gasteiger partial charge in [-0.15, -0.1) is 0 Å². The van der Waals surface area contributed by atoms with Crippen LogP contribution in [0.2, 0.25) is 0 Å². The standard InChI is InChI=1S/C29H33N9/c1-18(2)27-23-16-20(6-9-25(23)35-37(27)5)24-10-11-30-29(34-24)33-21-7-8-22-26(17-21)31-19(3)32-28(22)38-14-12-36(4)13-15-38/h6-11,16-18H,12-15H2,1-5H3,(H,30,33,34). The smallest absolute Gasteiger partial charge is 0.227 e. The lowest BCUT2D eigenvalue weighted by Crippen LogP contribution is -2.45. The van der Waals surface area contributed by atoms with Crippen molar-refractivity contribution in [3.05, 3.63) is 60.2 Å². The highest BCUT2D eigenvalue weighted by atomic mass is 15.3. The highest BCUT2D eigenvalue weighted by Crippen LogP contribution is 2.31. The van der Waals surface area contributed by atoms with Gasteiger partial charge in [-0.3, -0.25) is 4.68 Å². The van der Waals surface area contributed by atoms with E-state index in [9.17, 15) is 0 Å². The molecule has 0 saturated carbocycles. The van der Waals surface area contributed by atoms with Crippen molar-refractivity contribution in [1.29, 1.82) is 0 Å². The van der Waals surface area contributed by atoms with E-state index in [0.29, 0.717) is 11.9 Å². The minimum atomic E-state index is 0.375. The second-order valence-electron chi connectivity index (χ2n) is 10.4. The van der Waals surface area contributed by atoms with E-state index in [1.54, 1.807) is 6.20 Å². The zero-order valence-electron chi connectivity index (χ0n) is 22.6. The molecule has 0 aliphatic carbocycles. The van der Waals surface area contributed by atoms with Gasteiger partial charge in [0.05, 0.1) is 16.7 Å². The van der Waals surface area contributed by atoms with Gasteiger partial charge in [0.15, 0.2) is 0 Å². The van der Waals surface area contributed by atoms with E-state index >= 15 is 0 Å². The number of benzene rings is 2. The molecule has 1 fully saturated rings. The van der Waals surface area contributed by atoms with E-state index in [1.165, 1.54) is 5.69 Å². The topological polar surface area (TPSA) is 87.9 Å². The number of aryl methyl sites for hydroxylation is 2. The first kappa shape index (κ1) is 24.2. The molecule has 6 rings (SSSR count). The van der Waals surface area contributed by atoms with Crippen molar-refractivity contribution < 1.29 is 0 Å². The predicted octanol–water partition coefficient (Wildman–Crippen LogP) is 4.90. The van der Waals surface area contributed by atoms with Gasteiger partial charge in [0.2, 0.25) is 5.95 Å². The average Bonchev–Trinajstić information content (AvgIpc) is 3.24. The van der Waals surface area contributed by atoms with Gasteiger partial charge < -0.3 is 15.1 Å². The van der Waals surface area contributed by atoms with Crippen LogP contribution in [0.25, 0.3) is 33.1 Å². The highest BCUT2D eigenvalue weighted by Gasteiger charge is 2.19. The van der Waals surface area contributed by atoms with Gasteiger partial charge in [-0.25, -0.2) is 19.9 Å². The van der Waals surface area contributed by atoms with E-state index in [-0.39, 0.29) is 0 Å². The Kier molecular flexibility index (Phi) is 6.15. The van der Waals surface area contributed by atoms with Crippen LogP contribution in [0.5, 0.6) is 0 Å². The molecule has 1 saturated heterocycles. The average molecular weight is 508 g/mol. The summed E-state index contributed by atoms with van der Waals surface area (Å²) in [5.74, 6) is 2.70. The molecule has 4 heterocycles. The quantitative estimate of drug-likeness (QED) is 0.359. The minimum absolute atomic E-state index is 0.375. The first-order valence-electron chi connectivity index (χ1n) is 13.1. The molecule has 0 bridgehead atoms. The van der Waals surface area contributed by atoms with Crippen molar-refractivity contribution in [2.45, 2.75) is 26.7 Å². The van der Waals surface area contributed by atoms with Crippen LogP contribution in [0.1, 0.15) is 31.3 Å². The molecule has 0 radical (unpaired) electrons. The molecule has 194 valence electrons. The molecule has 0 unspecified atom stereocenters. The van der Waals surface area contributed by atoms with Crippen LogP contribution in [0.15, 0.2) is 48.7 Å². The van der Waals surface area contributed by atoms with Gasteiger partial charge in [0.25, 0.3) is 0 Å². The third-order valence-electron chi connectivity index (χ3n) is 7.22. The summed E-state index contributed by atoms with van der Waals surface area (Å²) < 4.78 is 1.98. The normalized spacial score (nSPS) is 14.6. The minimum Gasteiger partial charge on any atom is -0.353 e. The number of hydrogen-bond donors (Lipinski definition) is 1. The molecular weight excluding hydrogens is 474 g/mol. The van der Waals surface area contributed by atoms with E-state index in [2.05, 4.69) is 76.4 Å². The van der Waals surface area contributed by atoms with Gasteiger partial charge in [-0.2, -0.15) is 5.10 Å². The SMILES string of the molecule is Cc1nc(N2CCN(C)CC2)c2ccc(Nc3nccc(-c4ccc5nn(C)c(C(C)C)c5c4)n3)cc2n1. The van der Waals surface area contributed by atoms with Gasteiger partial charge in [0.1, 0.15) is 11.6 Å². The molecule has 38 heavy (non-hydrogen) atoms. The van der Waals surface area contributed by atoms with Crippen LogP contribution >= 0.6 is 0 Å². The summed E-state index contributed by atoms with van der Waals surface area (Å²) in [4.78, 5) is 23.5. The molecule has 1 aliphatic heterocycles. The van der Waals surface area contributed by atoms with Crippen molar-refractivity contribution in [2.75, 3.05) is 43.4 Å². The molecule has 3 aromatic heterocycles. The molecule has 0 spiro atoms. The molecule has 1 aliphatic rings. The zero-order chi connectivity index (χ0) is 26.4. The van der Waals surface area contributed by atoms with Crippen molar-refractivity contribution in [3.63, 3.8) is 0 Å². The lowest BCUT2D eigenvalue weighted by molar-refractivity contribution is 0.312. The number of anilines is 3. The number of hydrogen-bond acceptors (Lipinski definition) is 8. The third kappa shape index (κ3) is 4.54. The van der Waals surface area contributed by atoms with Crippen LogP contribution in [-0.4, -0.2) is 67.8 Å². The van der Waals surface area contributed by atoms with Crippen molar-refractivity contribution in [1.82, 2.24) is 34.6 Å². The molecular formula is C29H33N9. The summed E-state index contributed by atoms with van der Waals surface area (Å²) in [6.07, 6.45) is 1.79. The zero-order valence-corrected chi connectivity index (χ0v) is 22.6. The van der Waals surface area contributed by atoms with Crippen LogP contribution in [-0.2, 0) is 7.05 Å². The summed E-state index contributed by atoms with van der Waals surface area (Å²) >= 11 is 0.